The number of ether oxygens (including phenoxy) is 2. The van der Waals surface area contributed by atoms with Crippen LogP contribution in [0.4, 0.5) is 0 Å². The molecule has 0 aromatic carbocycles. The summed E-state index contributed by atoms with van der Waals surface area (Å²) in [6, 6.07) is 3.72. The highest BCUT2D eigenvalue weighted by molar-refractivity contribution is 5.84. The van der Waals surface area contributed by atoms with Crippen LogP contribution in [0.1, 0.15) is 35.1 Å². The molecule has 0 amide bonds. The average Bonchev–Trinajstić information content (AvgIpc) is 2.86. The van der Waals surface area contributed by atoms with Crippen LogP contribution in [0, 0.1) is 0 Å². The van der Waals surface area contributed by atoms with E-state index < -0.39 is 0 Å². The van der Waals surface area contributed by atoms with Crippen molar-refractivity contribution in [3.05, 3.63) is 29.8 Å². The number of aldehydes is 1. The second kappa shape index (κ2) is 5.01. The Labute approximate surface area is 111 Å². The van der Waals surface area contributed by atoms with Crippen molar-refractivity contribution in [3.8, 4) is 5.75 Å². The van der Waals surface area contributed by atoms with Gasteiger partial charge in [-0.15, -0.1) is 0 Å². The van der Waals surface area contributed by atoms with E-state index in [1.54, 1.807) is 7.11 Å². The molecular weight excluding hydrogens is 244 g/mol. The van der Waals surface area contributed by atoms with Gasteiger partial charge in [-0.2, -0.15) is 0 Å². The molecule has 0 N–H and O–H groups in total. The summed E-state index contributed by atoms with van der Waals surface area (Å²) < 4.78 is 12.6. The van der Waals surface area contributed by atoms with Gasteiger partial charge in [0.05, 0.1) is 18.8 Å². The molecular formula is C14H16N2O3. The van der Waals surface area contributed by atoms with Crippen molar-refractivity contribution in [2.75, 3.05) is 20.3 Å². The third-order valence-corrected chi connectivity index (χ3v) is 3.60. The minimum atomic E-state index is 0.335. The Balaban J connectivity index is 2.13. The topological polar surface area (TPSA) is 52.8 Å². The first-order valence-electron chi connectivity index (χ1n) is 6.42. The summed E-state index contributed by atoms with van der Waals surface area (Å²) in [7, 11) is 1.63. The fraction of sp³-hybridized carbons (Fsp3) is 0.429. The number of carbonyl (C=O) groups is 1. The molecule has 0 spiro atoms. The van der Waals surface area contributed by atoms with Crippen LogP contribution in [0.25, 0.3) is 5.52 Å². The molecule has 19 heavy (non-hydrogen) atoms. The maximum absolute atomic E-state index is 11.1. The number of imidazole rings is 1. The van der Waals surface area contributed by atoms with Gasteiger partial charge >= 0.3 is 0 Å². The van der Waals surface area contributed by atoms with Gasteiger partial charge in [0.15, 0.2) is 6.29 Å². The second-order valence-corrected chi connectivity index (χ2v) is 4.68. The van der Waals surface area contributed by atoms with E-state index in [4.69, 9.17) is 9.47 Å². The second-order valence-electron chi connectivity index (χ2n) is 4.68. The summed E-state index contributed by atoms with van der Waals surface area (Å²) in [5, 5.41) is 0. The normalized spacial score (nSPS) is 16.7. The number of pyridine rings is 1. The molecule has 1 fully saturated rings. The zero-order valence-electron chi connectivity index (χ0n) is 10.8. The van der Waals surface area contributed by atoms with Crippen molar-refractivity contribution in [3.63, 3.8) is 0 Å². The molecule has 0 unspecified atom stereocenters. The summed E-state index contributed by atoms with van der Waals surface area (Å²) in [6.45, 7) is 1.50. The molecule has 5 nitrogen and oxygen atoms in total. The van der Waals surface area contributed by atoms with Crippen LogP contribution in [-0.2, 0) is 4.74 Å². The van der Waals surface area contributed by atoms with Crippen LogP contribution in [0.3, 0.4) is 0 Å². The number of methoxy groups -OCH3 is 1. The smallest absolute Gasteiger partial charge is 0.170 e. The third kappa shape index (κ3) is 2.10. The van der Waals surface area contributed by atoms with Crippen LogP contribution in [0.2, 0.25) is 0 Å². The van der Waals surface area contributed by atoms with Gasteiger partial charge in [0.25, 0.3) is 0 Å². The SMILES string of the molecule is COc1ccc2c(C=O)nc(C3CCOCC3)n2c1. The molecule has 3 heterocycles. The molecule has 1 aliphatic heterocycles. The maximum Gasteiger partial charge on any atom is 0.170 e. The van der Waals surface area contributed by atoms with Crippen LogP contribution < -0.4 is 4.74 Å². The van der Waals surface area contributed by atoms with Crippen molar-refractivity contribution < 1.29 is 14.3 Å². The Morgan fingerprint density at radius 1 is 1.42 bits per heavy atom. The molecule has 1 aliphatic rings. The third-order valence-electron chi connectivity index (χ3n) is 3.60. The molecule has 0 saturated carbocycles. The summed E-state index contributed by atoms with van der Waals surface area (Å²) in [4.78, 5) is 15.6. The molecule has 2 aromatic rings. The highest BCUT2D eigenvalue weighted by atomic mass is 16.5. The Hall–Kier alpha value is -1.88. The lowest BCUT2D eigenvalue weighted by molar-refractivity contribution is 0.0834. The number of nitrogens with zero attached hydrogens (tertiary/aromatic N) is 2. The molecule has 0 atom stereocenters. The lowest BCUT2D eigenvalue weighted by atomic mass is 9.99. The average molecular weight is 260 g/mol. The molecule has 0 aliphatic carbocycles. The Bertz CT molecular complexity index is 600. The number of fused-ring (bicyclic) bond motifs is 1. The molecule has 1 saturated heterocycles. The predicted octanol–water partition coefficient (Wildman–Crippen LogP) is 2.05. The number of aromatic nitrogens is 2. The zero-order chi connectivity index (χ0) is 13.2. The monoisotopic (exact) mass is 260 g/mol. The minimum Gasteiger partial charge on any atom is -0.495 e. The van der Waals surface area contributed by atoms with Crippen LogP contribution in [0.15, 0.2) is 18.3 Å². The molecule has 0 radical (unpaired) electrons. The molecule has 0 bridgehead atoms. The van der Waals surface area contributed by atoms with E-state index >= 15 is 0 Å². The first kappa shape index (κ1) is 12.2. The van der Waals surface area contributed by atoms with E-state index in [9.17, 15) is 4.79 Å². The van der Waals surface area contributed by atoms with E-state index in [-0.39, 0.29) is 0 Å². The van der Waals surface area contributed by atoms with E-state index in [0.717, 1.165) is 49.4 Å². The fourth-order valence-corrected chi connectivity index (χ4v) is 2.57. The summed E-state index contributed by atoms with van der Waals surface area (Å²) in [6.07, 6.45) is 4.58. The zero-order valence-corrected chi connectivity index (χ0v) is 10.8. The fourth-order valence-electron chi connectivity index (χ4n) is 2.57. The molecule has 2 aromatic heterocycles. The molecule has 5 heteroatoms. The van der Waals surface area contributed by atoms with Gasteiger partial charge in [-0.25, -0.2) is 4.98 Å². The standard InChI is InChI=1S/C14H16N2O3/c1-18-11-2-3-13-12(9-17)15-14(16(13)8-11)10-4-6-19-7-5-10/h2-3,8-10H,4-7H2,1H3. The molecule has 3 rings (SSSR count). The number of carbonyl (C=O) groups excluding carboxylic acids is 1. The van der Waals surface area contributed by atoms with Gasteiger partial charge in [-0.3, -0.25) is 9.20 Å². The van der Waals surface area contributed by atoms with E-state index in [1.165, 1.54) is 0 Å². The van der Waals surface area contributed by atoms with Crippen LogP contribution in [-0.4, -0.2) is 36.0 Å². The van der Waals surface area contributed by atoms with Crippen molar-refractivity contribution in [1.29, 1.82) is 0 Å². The highest BCUT2D eigenvalue weighted by Crippen LogP contribution is 2.29. The van der Waals surface area contributed by atoms with Crippen molar-refractivity contribution in [2.45, 2.75) is 18.8 Å². The quantitative estimate of drug-likeness (QED) is 0.793. The van der Waals surface area contributed by atoms with Crippen molar-refractivity contribution in [1.82, 2.24) is 9.38 Å². The summed E-state index contributed by atoms with van der Waals surface area (Å²) in [5.41, 5.74) is 1.32. The highest BCUT2D eigenvalue weighted by Gasteiger charge is 2.22. The van der Waals surface area contributed by atoms with Crippen molar-refractivity contribution in [2.24, 2.45) is 0 Å². The molecule has 100 valence electrons. The van der Waals surface area contributed by atoms with Gasteiger partial charge in [0.1, 0.15) is 17.3 Å². The Morgan fingerprint density at radius 3 is 2.89 bits per heavy atom. The Morgan fingerprint density at radius 2 is 2.21 bits per heavy atom. The van der Waals surface area contributed by atoms with E-state index in [0.29, 0.717) is 11.6 Å². The number of hydrogen-bond acceptors (Lipinski definition) is 4. The Kier molecular flexibility index (Phi) is 3.21. The number of hydrogen-bond donors (Lipinski definition) is 0. The lowest BCUT2D eigenvalue weighted by Crippen LogP contribution is -2.16. The van der Waals surface area contributed by atoms with Crippen LogP contribution >= 0.6 is 0 Å². The van der Waals surface area contributed by atoms with Gasteiger partial charge in [-0.05, 0) is 25.0 Å². The number of rotatable bonds is 3. The van der Waals surface area contributed by atoms with E-state index in [1.807, 2.05) is 22.7 Å². The first-order valence-corrected chi connectivity index (χ1v) is 6.42. The van der Waals surface area contributed by atoms with Crippen LogP contribution in [0.5, 0.6) is 5.75 Å². The summed E-state index contributed by atoms with van der Waals surface area (Å²) >= 11 is 0. The van der Waals surface area contributed by atoms with Gasteiger partial charge < -0.3 is 9.47 Å². The van der Waals surface area contributed by atoms with Crippen molar-refractivity contribution >= 4 is 11.8 Å². The largest absolute Gasteiger partial charge is 0.495 e. The van der Waals surface area contributed by atoms with Gasteiger partial charge in [0, 0.05) is 19.1 Å². The predicted molar refractivity (Wildman–Crippen MR) is 69.9 cm³/mol. The van der Waals surface area contributed by atoms with Gasteiger partial charge in [-0.1, -0.05) is 0 Å². The maximum atomic E-state index is 11.1. The first-order chi connectivity index (χ1) is 9.33. The summed E-state index contributed by atoms with van der Waals surface area (Å²) in [5.74, 6) is 2.03. The lowest BCUT2D eigenvalue weighted by Gasteiger charge is -2.21. The van der Waals surface area contributed by atoms with E-state index in [2.05, 4.69) is 4.98 Å². The van der Waals surface area contributed by atoms with Gasteiger partial charge in [0.2, 0.25) is 0 Å². The minimum absolute atomic E-state index is 0.335.